The minimum absolute atomic E-state index is 0.0442. The molecule has 2 N–H and O–H groups in total. The summed E-state index contributed by atoms with van der Waals surface area (Å²) in [4.78, 5) is 10.7. The molecule has 6 nitrogen and oxygen atoms in total. The maximum absolute atomic E-state index is 10.7. The molecule has 0 atom stereocenters. The zero-order chi connectivity index (χ0) is 14.5. The van der Waals surface area contributed by atoms with Gasteiger partial charge in [0.15, 0.2) is 11.0 Å². The zero-order valence-corrected chi connectivity index (χ0v) is 11.8. The van der Waals surface area contributed by atoms with Crippen LogP contribution in [-0.2, 0) is 11.3 Å². The first-order valence-corrected chi connectivity index (χ1v) is 7.17. The number of aromatic nitrogens is 3. The van der Waals surface area contributed by atoms with Gasteiger partial charge in [-0.2, -0.15) is 0 Å². The molecule has 7 heteroatoms. The average molecular weight is 293 g/mol. The number of nitrogens with zero attached hydrogens (tertiary/aromatic N) is 3. The van der Waals surface area contributed by atoms with Crippen LogP contribution in [0, 0.1) is 0 Å². The number of rotatable bonds is 6. The van der Waals surface area contributed by atoms with Crippen molar-refractivity contribution in [1.82, 2.24) is 14.8 Å². The van der Waals surface area contributed by atoms with Crippen LogP contribution >= 0.6 is 11.8 Å². The van der Waals surface area contributed by atoms with E-state index in [1.54, 1.807) is 24.3 Å². The third-order valence-electron chi connectivity index (χ3n) is 2.61. The summed E-state index contributed by atoms with van der Waals surface area (Å²) in [6, 6.07) is 6.70. The van der Waals surface area contributed by atoms with Gasteiger partial charge in [0.05, 0.1) is 5.75 Å². The van der Waals surface area contributed by atoms with Crippen LogP contribution in [0.1, 0.15) is 13.3 Å². The maximum atomic E-state index is 10.7. The van der Waals surface area contributed by atoms with E-state index < -0.39 is 5.97 Å². The highest BCUT2D eigenvalue weighted by atomic mass is 32.2. The molecule has 2 rings (SSSR count). The number of thioether (sulfide) groups is 1. The second kappa shape index (κ2) is 6.42. The predicted molar refractivity (Wildman–Crippen MR) is 75.8 cm³/mol. The molecule has 0 amide bonds. The Bertz CT molecular complexity index is 595. The molecule has 0 aliphatic carbocycles. The second-order valence-electron chi connectivity index (χ2n) is 4.19. The quantitative estimate of drug-likeness (QED) is 0.794. The van der Waals surface area contributed by atoms with Crippen molar-refractivity contribution < 1.29 is 15.0 Å². The maximum Gasteiger partial charge on any atom is 0.313 e. The number of phenols is 1. The monoisotopic (exact) mass is 293 g/mol. The lowest BCUT2D eigenvalue weighted by molar-refractivity contribution is -0.133. The first-order valence-electron chi connectivity index (χ1n) is 6.19. The Balaban J connectivity index is 2.32. The van der Waals surface area contributed by atoms with E-state index in [0.717, 1.165) is 23.7 Å². The molecule has 0 aliphatic heterocycles. The van der Waals surface area contributed by atoms with Crippen LogP contribution in [0.15, 0.2) is 29.4 Å². The van der Waals surface area contributed by atoms with Gasteiger partial charge in [-0.15, -0.1) is 10.2 Å². The van der Waals surface area contributed by atoms with Crippen LogP contribution in [0.5, 0.6) is 5.75 Å². The number of hydrogen-bond acceptors (Lipinski definition) is 5. The van der Waals surface area contributed by atoms with Gasteiger partial charge in [-0.25, -0.2) is 0 Å². The molecule has 106 valence electrons. The first-order chi connectivity index (χ1) is 9.61. The zero-order valence-electron chi connectivity index (χ0n) is 11.0. The van der Waals surface area contributed by atoms with E-state index in [4.69, 9.17) is 5.11 Å². The Morgan fingerprint density at radius 2 is 2.00 bits per heavy atom. The summed E-state index contributed by atoms with van der Waals surface area (Å²) in [6.07, 6.45) is 0.893. The molecule has 0 spiro atoms. The van der Waals surface area contributed by atoms with Crippen LogP contribution in [-0.4, -0.2) is 36.7 Å². The number of aliphatic carboxylic acids is 1. The van der Waals surface area contributed by atoms with Gasteiger partial charge in [0.2, 0.25) is 0 Å². The number of carboxylic acid groups (broad SMARTS) is 1. The summed E-state index contributed by atoms with van der Waals surface area (Å²) in [5.74, 6) is -0.0556. The smallest absolute Gasteiger partial charge is 0.313 e. The largest absolute Gasteiger partial charge is 0.508 e. The van der Waals surface area contributed by atoms with Gasteiger partial charge in [0.1, 0.15) is 5.75 Å². The number of carboxylic acids is 1. The second-order valence-corrected chi connectivity index (χ2v) is 5.13. The van der Waals surface area contributed by atoms with Crippen molar-refractivity contribution in [2.75, 3.05) is 5.75 Å². The van der Waals surface area contributed by atoms with E-state index in [2.05, 4.69) is 10.2 Å². The number of carbonyl (C=O) groups is 1. The van der Waals surface area contributed by atoms with Gasteiger partial charge < -0.3 is 14.8 Å². The molecule has 0 aliphatic rings. The molecule has 0 saturated heterocycles. The van der Waals surface area contributed by atoms with Crippen molar-refractivity contribution in [3.63, 3.8) is 0 Å². The fraction of sp³-hybridized carbons (Fsp3) is 0.308. The van der Waals surface area contributed by atoms with Gasteiger partial charge in [-0.3, -0.25) is 4.79 Å². The van der Waals surface area contributed by atoms with Gasteiger partial charge >= 0.3 is 5.97 Å². The SMILES string of the molecule is CCCn1c(SCC(=O)O)nnc1-c1ccc(O)cc1. The average Bonchev–Trinajstić information content (AvgIpc) is 2.81. The van der Waals surface area contributed by atoms with Crippen molar-refractivity contribution in [3.05, 3.63) is 24.3 Å². The van der Waals surface area contributed by atoms with Crippen LogP contribution in [0.3, 0.4) is 0 Å². The van der Waals surface area contributed by atoms with Gasteiger partial charge in [-0.05, 0) is 30.7 Å². The summed E-state index contributed by atoms with van der Waals surface area (Å²) in [5, 5.41) is 26.8. The fourth-order valence-corrected chi connectivity index (χ4v) is 2.46. The number of aromatic hydroxyl groups is 1. The van der Waals surface area contributed by atoms with E-state index in [1.807, 2.05) is 11.5 Å². The van der Waals surface area contributed by atoms with Crippen LogP contribution in [0.25, 0.3) is 11.4 Å². The Hall–Kier alpha value is -2.02. The molecular formula is C13H15N3O3S. The lowest BCUT2D eigenvalue weighted by atomic mass is 10.2. The summed E-state index contributed by atoms with van der Waals surface area (Å²) in [6.45, 7) is 2.75. The predicted octanol–water partition coefficient (Wildman–Crippen LogP) is 2.24. The summed E-state index contributed by atoms with van der Waals surface area (Å²) in [5.41, 5.74) is 0.839. The normalized spacial score (nSPS) is 10.7. The molecular weight excluding hydrogens is 278 g/mol. The van der Waals surface area contributed by atoms with Gasteiger partial charge in [0.25, 0.3) is 0 Å². The minimum atomic E-state index is -0.882. The van der Waals surface area contributed by atoms with Crippen molar-refractivity contribution in [2.24, 2.45) is 0 Å². The Kier molecular flexibility index (Phi) is 4.62. The number of phenolic OH excluding ortho intramolecular Hbond substituents is 1. The Morgan fingerprint density at radius 1 is 1.30 bits per heavy atom. The van der Waals surface area contributed by atoms with Crippen molar-refractivity contribution in [2.45, 2.75) is 25.0 Å². The molecule has 0 saturated carbocycles. The molecule has 1 aromatic heterocycles. The van der Waals surface area contributed by atoms with Gasteiger partial charge in [-0.1, -0.05) is 18.7 Å². The highest BCUT2D eigenvalue weighted by Crippen LogP contribution is 2.25. The van der Waals surface area contributed by atoms with Crippen LogP contribution in [0.4, 0.5) is 0 Å². The molecule has 2 aromatic rings. The molecule has 0 unspecified atom stereocenters. The standard InChI is InChI=1S/C13H15N3O3S/c1-2-7-16-12(9-3-5-10(17)6-4-9)14-15-13(16)20-8-11(18)19/h3-6,17H,2,7-8H2,1H3,(H,18,19). The summed E-state index contributed by atoms with van der Waals surface area (Å²) < 4.78 is 1.90. The molecule has 0 bridgehead atoms. The van der Waals surface area contributed by atoms with E-state index in [-0.39, 0.29) is 11.5 Å². The van der Waals surface area contributed by atoms with Crippen LogP contribution < -0.4 is 0 Å². The Morgan fingerprint density at radius 3 is 2.60 bits per heavy atom. The van der Waals surface area contributed by atoms with Gasteiger partial charge in [0, 0.05) is 12.1 Å². The highest BCUT2D eigenvalue weighted by Gasteiger charge is 2.14. The highest BCUT2D eigenvalue weighted by molar-refractivity contribution is 7.99. The molecule has 0 radical (unpaired) electrons. The number of hydrogen-bond donors (Lipinski definition) is 2. The lowest BCUT2D eigenvalue weighted by Gasteiger charge is -2.08. The third kappa shape index (κ3) is 3.30. The van der Waals surface area contributed by atoms with Crippen molar-refractivity contribution in [3.8, 4) is 17.1 Å². The fourth-order valence-electron chi connectivity index (χ4n) is 1.77. The van der Waals surface area contributed by atoms with E-state index >= 15 is 0 Å². The number of benzene rings is 1. The van der Waals surface area contributed by atoms with Crippen molar-refractivity contribution in [1.29, 1.82) is 0 Å². The summed E-state index contributed by atoms with van der Waals surface area (Å²) >= 11 is 1.15. The van der Waals surface area contributed by atoms with Crippen molar-refractivity contribution >= 4 is 17.7 Å². The molecule has 0 fully saturated rings. The first kappa shape index (κ1) is 14.4. The molecule has 1 heterocycles. The third-order valence-corrected chi connectivity index (χ3v) is 3.57. The van der Waals surface area contributed by atoms with E-state index in [9.17, 15) is 9.90 Å². The van der Waals surface area contributed by atoms with E-state index in [0.29, 0.717) is 17.5 Å². The topological polar surface area (TPSA) is 88.2 Å². The van der Waals surface area contributed by atoms with Crippen LogP contribution in [0.2, 0.25) is 0 Å². The Labute approximate surface area is 120 Å². The minimum Gasteiger partial charge on any atom is -0.508 e. The summed E-state index contributed by atoms with van der Waals surface area (Å²) in [7, 11) is 0. The van der Waals surface area contributed by atoms with E-state index in [1.165, 1.54) is 0 Å². The lowest BCUT2D eigenvalue weighted by Crippen LogP contribution is -2.04. The molecule has 20 heavy (non-hydrogen) atoms. The molecule has 1 aromatic carbocycles.